The lowest BCUT2D eigenvalue weighted by Crippen LogP contribution is -2.59. The van der Waals surface area contributed by atoms with Crippen LogP contribution in [0.3, 0.4) is 0 Å². The van der Waals surface area contributed by atoms with Gasteiger partial charge in [0.05, 0.1) is 11.2 Å². The highest BCUT2D eigenvalue weighted by Gasteiger charge is 2.63. The molecule has 3 heteroatoms. The molecule has 0 bridgehead atoms. The van der Waals surface area contributed by atoms with E-state index < -0.39 is 5.60 Å². The number of hydrogen-bond acceptors (Lipinski definition) is 3. The Morgan fingerprint density at radius 1 is 0.974 bits per heavy atom. The molecule has 1 aromatic carbocycles. The first-order valence-corrected chi connectivity index (χ1v) is 15.7. The SMILES string of the molecule is CC(C)CCC[C@@H](C)[C@H]1CC[C@H]2[C@H]3[C@H](CC[C@]12C)[C@@]1(C)CC[C@@H](OC(=O)c2ccccc2)CC1=C[C@]3(C)O. The van der Waals surface area contributed by atoms with Gasteiger partial charge in [0.15, 0.2) is 0 Å². The Morgan fingerprint density at radius 3 is 2.42 bits per heavy atom. The van der Waals surface area contributed by atoms with Gasteiger partial charge < -0.3 is 9.84 Å². The number of hydrogen-bond donors (Lipinski definition) is 1. The van der Waals surface area contributed by atoms with Gasteiger partial charge >= 0.3 is 5.97 Å². The topological polar surface area (TPSA) is 46.5 Å². The Kier molecular flexibility index (Phi) is 7.66. The van der Waals surface area contributed by atoms with E-state index >= 15 is 0 Å². The van der Waals surface area contributed by atoms with Crippen LogP contribution in [0.25, 0.3) is 0 Å². The standard InChI is InChI=1S/C35H52O3/c1-23(2)11-10-12-24(3)28-15-16-29-31-30(18-20-34(28,29)5)33(4)19-17-27(21-26(33)22-35(31,6)37)38-32(36)25-13-8-7-9-14-25/h7-9,13-14,22-24,27-31,37H,10-12,15-21H2,1-6H3/t24-,27-,28-,29+,30+,31+,33+,34-,35+/m1/s1. The highest BCUT2D eigenvalue weighted by molar-refractivity contribution is 5.89. The number of aliphatic hydroxyl groups is 1. The zero-order valence-corrected chi connectivity index (χ0v) is 24.8. The maximum Gasteiger partial charge on any atom is 0.338 e. The fraction of sp³-hybridized carbons (Fsp3) is 0.743. The minimum absolute atomic E-state index is 0.102. The third kappa shape index (κ3) is 4.91. The van der Waals surface area contributed by atoms with Crippen LogP contribution < -0.4 is 0 Å². The van der Waals surface area contributed by atoms with Gasteiger partial charge in [-0.1, -0.05) is 83.7 Å². The molecule has 0 saturated heterocycles. The van der Waals surface area contributed by atoms with Crippen LogP contribution in [-0.2, 0) is 4.74 Å². The predicted molar refractivity (Wildman–Crippen MR) is 155 cm³/mol. The van der Waals surface area contributed by atoms with Gasteiger partial charge in [0.1, 0.15) is 6.10 Å². The van der Waals surface area contributed by atoms with Crippen molar-refractivity contribution in [2.75, 3.05) is 0 Å². The average Bonchev–Trinajstić information content (AvgIpc) is 3.22. The second-order valence-electron chi connectivity index (χ2n) is 14.7. The summed E-state index contributed by atoms with van der Waals surface area (Å²) >= 11 is 0. The number of carbonyl (C=O) groups excluding carboxylic acids is 1. The molecule has 3 saturated carbocycles. The van der Waals surface area contributed by atoms with Crippen LogP contribution in [0.2, 0.25) is 0 Å². The van der Waals surface area contributed by atoms with Gasteiger partial charge in [0, 0.05) is 6.42 Å². The quantitative estimate of drug-likeness (QED) is 0.289. The molecule has 0 heterocycles. The number of esters is 1. The van der Waals surface area contributed by atoms with Crippen molar-refractivity contribution in [1.29, 1.82) is 0 Å². The molecular weight excluding hydrogens is 468 g/mol. The lowest BCUT2D eigenvalue weighted by Gasteiger charge is -2.62. The van der Waals surface area contributed by atoms with E-state index in [0.717, 1.165) is 37.0 Å². The van der Waals surface area contributed by atoms with E-state index in [4.69, 9.17) is 4.74 Å². The monoisotopic (exact) mass is 520 g/mol. The molecule has 4 aliphatic carbocycles. The smallest absolute Gasteiger partial charge is 0.338 e. The van der Waals surface area contributed by atoms with Crippen molar-refractivity contribution in [3.05, 3.63) is 47.5 Å². The molecule has 5 rings (SSSR count). The Bertz CT molecular complexity index is 1020. The van der Waals surface area contributed by atoms with Crippen molar-refractivity contribution in [3.8, 4) is 0 Å². The predicted octanol–water partition coefficient (Wildman–Crippen LogP) is 8.61. The molecule has 210 valence electrons. The Hall–Kier alpha value is -1.61. The van der Waals surface area contributed by atoms with Crippen LogP contribution in [0, 0.1) is 46.3 Å². The van der Waals surface area contributed by atoms with Crippen molar-refractivity contribution in [1.82, 2.24) is 0 Å². The Labute approximate surface area is 231 Å². The summed E-state index contributed by atoms with van der Waals surface area (Å²) in [4.78, 5) is 12.8. The maximum atomic E-state index is 12.8. The highest BCUT2D eigenvalue weighted by Crippen LogP contribution is 2.69. The fourth-order valence-corrected chi connectivity index (χ4v) is 9.89. The maximum absolute atomic E-state index is 12.8. The summed E-state index contributed by atoms with van der Waals surface area (Å²) in [6.07, 6.45) is 14.0. The first kappa shape index (κ1) is 27.9. The van der Waals surface area contributed by atoms with Gasteiger partial charge in [-0.3, -0.25) is 0 Å². The molecule has 4 aliphatic rings. The van der Waals surface area contributed by atoms with E-state index in [2.05, 4.69) is 47.6 Å². The first-order chi connectivity index (χ1) is 18.0. The first-order valence-electron chi connectivity index (χ1n) is 15.7. The molecule has 0 unspecified atom stereocenters. The van der Waals surface area contributed by atoms with Gasteiger partial charge in [-0.2, -0.15) is 0 Å². The molecule has 3 fully saturated rings. The van der Waals surface area contributed by atoms with E-state index in [1.807, 2.05) is 30.3 Å². The van der Waals surface area contributed by atoms with Crippen molar-refractivity contribution in [2.45, 2.75) is 117 Å². The summed E-state index contributed by atoms with van der Waals surface area (Å²) in [7, 11) is 0. The molecule has 0 radical (unpaired) electrons. The lowest BCUT2D eigenvalue weighted by molar-refractivity contribution is -0.133. The van der Waals surface area contributed by atoms with Crippen LogP contribution in [-0.4, -0.2) is 22.8 Å². The van der Waals surface area contributed by atoms with Crippen molar-refractivity contribution in [3.63, 3.8) is 0 Å². The molecule has 0 aromatic heterocycles. The molecule has 1 aromatic rings. The minimum atomic E-state index is -0.799. The molecule has 3 nitrogen and oxygen atoms in total. The Morgan fingerprint density at radius 2 is 1.71 bits per heavy atom. The number of benzene rings is 1. The molecule has 0 spiro atoms. The summed E-state index contributed by atoms with van der Waals surface area (Å²) in [6.45, 7) is 14.3. The average molecular weight is 521 g/mol. The zero-order valence-electron chi connectivity index (χ0n) is 24.8. The zero-order chi connectivity index (χ0) is 27.3. The third-order valence-electron chi connectivity index (χ3n) is 11.9. The third-order valence-corrected chi connectivity index (χ3v) is 11.9. The molecule has 38 heavy (non-hydrogen) atoms. The summed E-state index contributed by atoms with van der Waals surface area (Å²) in [5.74, 6) is 3.54. The van der Waals surface area contributed by atoms with E-state index in [9.17, 15) is 9.90 Å². The van der Waals surface area contributed by atoms with E-state index in [-0.39, 0.29) is 17.5 Å². The van der Waals surface area contributed by atoms with Gasteiger partial charge in [-0.15, -0.1) is 0 Å². The second-order valence-corrected chi connectivity index (χ2v) is 14.7. The molecule has 0 aliphatic heterocycles. The van der Waals surface area contributed by atoms with Crippen LogP contribution in [0.4, 0.5) is 0 Å². The van der Waals surface area contributed by atoms with E-state index in [1.54, 1.807) is 0 Å². The summed E-state index contributed by atoms with van der Waals surface area (Å²) in [5, 5.41) is 12.1. The number of carbonyl (C=O) groups is 1. The molecule has 1 N–H and O–H groups in total. The fourth-order valence-electron chi connectivity index (χ4n) is 9.89. The van der Waals surface area contributed by atoms with E-state index in [1.165, 1.54) is 50.5 Å². The summed E-state index contributed by atoms with van der Waals surface area (Å²) in [5.41, 5.74) is 1.59. The van der Waals surface area contributed by atoms with Crippen molar-refractivity contribution < 1.29 is 14.6 Å². The van der Waals surface area contributed by atoms with Crippen LogP contribution in [0.5, 0.6) is 0 Å². The summed E-state index contributed by atoms with van der Waals surface area (Å²) < 4.78 is 5.99. The van der Waals surface area contributed by atoms with Gasteiger partial charge in [0.2, 0.25) is 0 Å². The number of fused-ring (bicyclic) bond motifs is 5. The van der Waals surface area contributed by atoms with Crippen molar-refractivity contribution in [2.24, 2.45) is 46.3 Å². The largest absolute Gasteiger partial charge is 0.458 e. The Balaban J connectivity index is 1.33. The van der Waals surface area contributed by atoms with Crippen LogP contribution in [0.1, 0.15) is 116 Å². The number of ether oxygens (including phenoxy) is 1. The molecule has 0 amide bonds. The van der Waals surface area contributed by atoms with Gasteiger partial charge in [0.25, 0.3) is 0 Å². The van der Waals surface area contributed by atoms with Crippen LogP contribution in [0.15, 0.2) is 42.0 Å². The van der Waals surface area contributed by atoms with E-state index in [0.29, 0.717) is 28.7 Å². The highest BCUT2D eigenvalue weighted by atomic mass is 16.5. The van der Waals surface area contributed by atoms with Crippen LogP contribution >= 0.6 is 0 Å². The summed E-state index contributed by atoms with van der Waals surface area (Å²) in [6, 6.07) is 9.33. The molecule has 9 atom stereocenters. The van der Waals surface area contributed by atoms with Gasteiger partial charge in [-0.05, 0) is 104 Å². The second kappa shape index (κ2) is 10.4. The minimum Gasteiger partial charge on any atom is -0.458 e. The number of rotatable bonds is 7. The van der Waals surface area contributed by atoms with Crippen molar-refractivity contribution >= 4 is 5.97 Å². The molecular formula is C35H52O3. The lowest BCUT2D eigenvalue weighted by atomic mass is 9.44. The van der Waals surface area contributed by atoms with Gasteiger partial charge in [-0.25, -0.2) is 4.79 Å². The normalized spacial score (nSPS) is 41.1.